The van der Waals surface area contributed by atoms with E-state index in [0.717, 1.165) is 5.56 Å². The lowest BCUT2D eigenvalue weighted by atomic mass is 9.76. The highest BCUT2D eigenvalue weighted by atomic mass is 16.5. The summed E-state index contributed by atoms with van der Waals surface area (Å²) in [5.41, 5.74) is 1.59. The fourth-order valence-electron chi connectivity index (χ4n) is 5.07. The summed E-state index contributed by atoms with van der Waals surface area (Å²) in [6.07, 6.45) is 7.24. The molecule has 2 saturated heterocycles. The molecule has 4 atom stereocenters. The van der Waals surface area contributed by atoms with Crippen molar-refractivity contribution >= 4 is 11.8 Å². The molecule has 2 bridgehead atoms. The van der Waals surface area contributed by atoms with Crippen molar-refractivity contribution in [3.63, 3.8) is 0 Å². The van der Waals surface area contributed by atoms with Crippen molar-refractivity contribution in [2.24, 2.45) is 11.8 Å². The Bertz CT molecular complexity index is 1000. The van der Waals surface area contributed by atoms with Crippen LogP contribution in [0.5, 0.6) is 0 Å². The van der Waals surface area contributed by atoms with E-state index in [2.05, 4.69) is 11.2 Å². The highest BCUT2D eigenvalue weighted by molar-refractivity contribution is 5.93. The van der Waals surface area contributed by atoms with Crippen LogP contribution in [0.15, 0.2) is 54.9 Å². The van der Waals surface area contributed by atoms with E-state index in [1.807, 2.05) is 54.4 Å². The molecule has 4 heterocycles. The number of likely N-dealkylation sites (tertiary alicyclic amines) is 1. The Labute approximate surface area is 175 Å². The van der Waals surface area contributed by atoms with Crippen molar-refractivity contribution in [2.75, 3.05) is 20.1 Å². The van der Waals surface area contributed by atoms with Gasteiger partial charge >= 0.3 is 0 Å². The molecule has 5 rings (SSSR count). The van der Waals surface area contributed by atoms with E-state index < -0.39 is 17.4 Å². The van der Waals surface area contributed by atoms with Crippen LogP contribution in [0.25, 0.3) is 0 Å². The first-order valence-electron chi connectivity index (χ1n) is 10.4. The molecule has 30 heavy (non-hydrogen) atoms. The maximum Gasteiger partial charge on any atom is 0.230 e. The van der Waals surface area contributed by atoms with Crippen LogP contribution in [0.1, 0.15) is 11.1 Å². The van der Waals surface area contributed by atoms with Crippen molar-refractivity contribution in [3.8, 4) is 0 Å². The number of fused-ring (bicyclic) bond motifs is 1. The Morgan fingerprint density at radius 1 is 1.37 bits per heavy atom. The molecule has 0 saturated carbocycles. The smallest absolute Gasteiger partial charge is 0.230 e. The monoisotopic (exact) mass is 406 g/mol. The number of amides is 2. The number of hydrogen-bond acceptors (Lipinski definition) is 4. The van der Waals surface area contributed by atoms with Crippen LogP contribution < -0.4 is 0 Å². The lowest BCUT2D eigenvalue weighted by Gasteiger charge is -2.27. The number of carbonyl (C=O) groups excluding carboxylic acids is 2. The average molecular weight is 406 g/mol. The zero-order chi connectivity index (χ0) is 20.9. The summed E-state index contributed by atoms with van der Waals surface area (Å²) in [6, 6.07) is 10.0. The van der Waals surface area contributed by atoms with Crippen LogP contribution in [-0.2, 0) is 27.4 Å². The molecule has 2 amide bonds. The van der Waals surface area contributed by atoms with Crippen LogP contribution in [0.4, 0.5) is 0 Å². The summed E-state index contributed by atoms with van der Waals surface area (Å²) in [7, 11) is 1.79. The lowest BCUT2D eigenvalue weighted by molar-refractivity contribution is -0.142. The van der Waals surface area contributed by atoms with Gasteiger partial charge in [-0.1, -0.05) is 42.0 Å². The van der Waals surface area contributed by atoms with E-state index in [1.54, 1.807) is 22.8 Å². The first-order valence-corrected chi connectivity index (χ1v) is 10.4. The van der Waals surface area contributed by atoms with Gasteiger partial charge in [0.05, 0.1) is 31.0 Å². The van der Waals surface area contributed by atoms with Crippen molar-refractivity contribution in [1.82, 2.24) is 19.6 Å². The molecule has 1 spiro atoms. The van der Waals surface area contributed by atoms with Gasteiger partial charge in [-0.25, -0.2) is 0 Å². The molecule has 0 aliphatic carbocycles. The SMILES string of the molecule is Cc1cccc(CN2C[C@]34C=C[C@H](O3)[C@@H](C(=O)N(C)CCn3cccn3)[C@H]4C2=O)c1. The zero-order valence-corrected chi connectivity index (χ0v) is 17.3. The topological polar surface area (TPSA) is 67.7 Å². The van der Waals surface area contributed by atoms with Gasteiger partial charge in [0.1, 0.15) is 5.60 Å². The first-order chi connectivity index (χ1) is 14.5. The van der Waals surface area contributed by atoms with Crippen molar-refractivity contribution < 1.29 is 14.3 Å². The highest BCUT2D eigenvalue weighted by Crippen LogP contribution is 2.52. The molecule has 0 unspecified atom stereocenters. The molecule has 156 valence electrons. The third-order valence-corrected chi connectivity index (χ3v) is 6.52. The van der Waals surface area contributed by atoms with Crippen LogP contribution >= 0.6 is 0 Å². The summed E-state index contributed by atoms with van der Waals surface area (Å²) in [5.74, 6) is -0.930. The molecule has 7 nitrogen and oxygen atoms in total. The van der Waals surface area contributed by atoms with Crippen molar-refractivity contribution in [3.05, 3.63) is 66.0 Å². The molecular formula is C23H26N4O3. The van der Waals surface area contributed by atoms with Crippen molar-refractivity contribution in [1.29, 1.82) is 0 Å². The fourth-order valence-corrected chi connectivity index (χ4v) is 5.07. The van der Waals surface area contributed by atoms with Crippen LogP contribution in [0.2, 0.25) is 0 Å². The van der Waals surface area contributed by atoms with Crippen LogP contribution in [-0.4, -0.2) is 63.2 Å². The second kappa shape index (κ2) is 7.09. The van der Waals surface area contributed by atoms with Crippen LogP contribution in [0, 0.1) is 18.8 Å². The van der Waals surface area contributed by atoms with Gasteiger partial charge in [0.2, 0.25) is 11.8 Å². The highest BCUT2D eigenvalue weighted by Gasteiger charge is 2.67. The van der Waals surface area contributed by atoms with E-state index in [9.17, 15) is 9.59 Å². The predicted octanol–water partition coefficient (Wildman–Crippen LogP) is 1.63. The molecule has 2 fully saturated rings. The Morgan fingerprint density at radius 3 is 3.00 bits per heavy atom. The second-order valence-electron chi connectivity index (χ2n) is 8.61. The molecule has 3 aliphatic rings. The number of hydrogen-bond donors (Lipinski definition) is 0. The molecule has 0 N–H and O–H groups in total. The number of aryl methyl sites for hydroxylation is 1. The summed E-state index contributed by atoms with van der Waals surface area (Å²) in [4.78, 5) is 30.2. The van der Waals surface area contributed by atoms with Gasteiger partial charge in [0.15, 0.2) is 0 Å². The third-order valence-electron chi connectivity index (χ3n) is 6.52. The maximum absolute atomic E-state index is 13.4. The summed E-state index contributed by atoms with van der Waals surface area (Å²) in [5, 5.41) is 4.19. The Balaban J connectivity index is 1.32. The van der Waals surface area contributed by atoms with E-state index in [0.29, 0.717) is 26.2 Å². The standard InChI is InChI=1S/C23H26N4O3/c1-16-5-3-6-17(13-16)14-26-15-23-8-7-18(30-23)19(20(23)22(26)29)21(28)25(2)11-12-27-10-4-9-24-27/h3-10,13,18-20H,11-12,14-15H2,1-2H3/t18-,19+,20-,23-/m0/s1. The third kappa shape index (κ3) is 3.04. The molecule has 3 aliphatic heterocycles. The van der Waals surface area contributed by atoms with Gasteiger partial charge in [-0.2, -0.15) is 5.10 Å². The number of rotatable bonds is 6. The number of ether oxygens (including phenoxy) is 1. The molecule has 2 aromatic rings. The Kier molecular flexibility index (Phi) is 4.50. The van der Waals surface area contributed by atoms with Gasteiger partial charge in [-0.15, -0.1) is 0 Å². The minimum Gasteiger partial charge on any atom is -0.360 e. The minimum absolute atomic E-state index is 0.0159. The average Bonchev–Trinajstić information content (AvgIpc) is 3.49. The summed E-state index contributed by atoms with van der Waals surface area (Å²) >= 11 is 0. The number of benzene rings is 1. The predicted molar refractivity (Wildman–Crippen MR) is 110 cm³/mol. The molecule has 1 aromatic heterocycles. The Morgan fingerprint density at radius 2 is 2.23 bits per heavy atom. The molecule has 1 aromatic carbocycles. The van der Waals surface area contributed by atoms with Crippen molar-refractivity contribution in [2.45, 2.75) is 31.7 Å². The van der Waals surface area contributed by atoms with E-state index >= 15 is 0 Å². The van der Waals surface area contributed by atoms with Crippen LogP contribution in [0.3, 0.4) is 0 Å². The molecule has 7 heteroatoms. The molecule has 0 radical (unpaired) electrons. The van der Waals surface area contributed by atoms with Gasteiger partial charge in [0, 0.05) is 32.5 Å². The zero-order valence-electron chi connectivity index (χ0n) is 17.3. The quantitative estimate of drug-likeness (QED) is 0.684. The summed E-state index contributed by atoms with van der Waals surface area (Å²) < 4.78 is 8.04. The van der Waals surface area contributed by atoms with Gasteiger partial charge in [-0.05, 0) is 18.6 Å². The molecular weight excluding hydrogens is 380 g/mol. The van der Waals surface area contributed by atoms with Gasteiger partial charge < -0.3 is 14.5 Å². The summed E-state index contributed by atoms with van der Waals surface area (Å²) in [6.45, 7) is 4.24. The van der Waals surface area contributed by atoms with E-state index in [1.165, 1.54) is 5.56 Å². The number of likely N-dealkylation sites (N-methyl/N-ethyl adjacent to an activating group) is 1. The van der Waals surface area contributed by atoms with E-state index in [-0.39, 0.29) is 17.9 Å². The second-order valence-corrected chi connectivity index (χ2v) is 8.61. The number of aromatic nitrogens is 2. The Hall–Kier alpha value is -2.93. The minimum atomic E-state index is -0.672. The number of carbonyl (C=O) groups is 2. The van der Waals surface area contributed by atoms with E-state index in [4.69, 9.17) is 4.74 Å². The maximum atomic E-state index is 13.4. The lowest BCUT2D eigenvalue weighted by Crippen LogP contribution is -2.45. The fraction of sp³-hybridized carbons (Fsp3) is 0.435. The van der Waals surface area contributed by atoms with Gasteiger partial charge in [-0.3, -0.25) is 14.3 Å². The number of nitrogens with zero attached hydrogens (tertiary/aromatic N) is 4. The largest absolute Gasteiger partial charge is 0.360 e. The normalized spacial score (nSPS) is 28.9. The first kappa shape index (κ1) is 19.1. The van der Waals surface area contributed by atoms with Gasteiger partial charge in [0.25, 0.3) is 0 Å².